The number of hydrogen-bond acceptors (Lipinski definition) is 4. The lowest BCUT2D eigenvalue weighted by molar-refractivity contribution is -0.123. The first-order valence-electron chi connectivity index (χ1n) is 10.5. The summed E-state index contributed by atoms with van der Waals surface area (Å²) in [4.78, 5) is 12.4. The highest BCUT2D eigenvalue weighted by atomic mass is 32.2. The highest BCUT2D eigenvalue weighted by molar-refractivity contribution is 7.92. The fourth-order valence-corrected chi connectivity index (χ4v) is 4.42. The fourth-order valence-electron chi connectivity index (χ4n) is 3.21. The predicted molar refractivity (Wildman–Crippen MR) is 126 cm³/mol. The molecule has 0 spiro atoms. The Balaban J connectivity index is 1.48. The van der Waals surface area contributed by atoms with Gasteiger partial charge >= 0.3 is 0 Å². The number of benzene rings is 3. The Bertz CT molecular complexity index is 1100. The second-order valence-corrected chi connectivity index (χ2v) is 9.53. The molecule has 0 aliphatic carbocycles. The van der Waals surface area contributed by atoms with Crippen LogP contribution in [0.2, 0.25) is 0 Å². The zero-order valence-corrected chi connectivity index (χ0v) is 19.1. The van der Waals surface area contributed by atoms with Gasteiger partial charge in [-0.15, -0.1) is 0 Å². The minimum atomic E-state index is -3.64. The van der Waals surface area contributed by atoms with Crippen LogP contribution in [0.4, 0.5) is 5.69 Å². The minimum Gasteiger partial charge on any atom is -0.484 e. The number of aryl methyl sites for hydroxylation is 1. The largest absolute Gasteiger partial charge is 0.484 e. The highest BCUT2D eigenvalue weighted by Gasteiger charge is 2.20. The van der Waals surface area contributed by atoms with Crippen molar-refractivity contribution in [2.75, 3.05) is 18.0 Å². The first-order valence-corrected chi connectivity index (χ1v) is 11.9. The molecule has 0 aliphatic rings. The van der Waals surface area contributed by atoms with Crippen molar-refractivity contribution < 1.29 is 17.9 Å². The molecule has 168 valence electrons. The van der Waals surface area contributed by atoms with E-state index in [4.69, 9.17) is 4.74 Å². The first kappa shape index (κ1) is 23.3. The molecule has 0 bridgehead atoms. The van der Waals surface area contributed by atoms with Gasteiger partial charge < -0.3 is 10.1 Å². The summed E-state index contributed by atoms with van der Waals surface area (Å²) in [6, 6.07) is 25.0. The van der Waals surface area contributed by atoms with Gasteiger partial charge in [-0.05, 0) is 61.7 Å². The van der Waals surface area contributed by atoms with E-state index in [1.807, 2.05) is 25.1 Å². The number of sulfonamides is 1. The normalized spacial score (nSPS) is 12.1. The molecule has 0 unspecified atom stereocenters. The van der Waals surface area contributed by atoms with E-state index >= 15 is 0 Å². The molecule has 0 aliphatic heterocycles. The zero-order chi connectivity index (χ0) is 23.0. The Morgan fingerprint density at radius 3 is 2.16 bits per heavy atom. The number of carbonyl (C=O) groups is 1. The number of carbonyl (C=O) groups excluding carboxylic acids is 1. The molecular formula is C25H28N2O4S. The van der Waals surface area contributed by atoms with E-state index in [1.54, 1.807) is 54.6 Å². The quantitative estimate of drug-likeness (QED) is 0.504. The summed E-state index contributed by atoms with van der Waals surface area (Å²) in [6.07, 6.45) is 1.73. The van der Waals surface area contributed by atoms with Crippen molar-refractivity contribution >= 4 is 21.6 Å². The molecule has 1 atom stereocenters. The average Bonchev–Trinajstić information content (AvgIpc) is 2.82. The van der Waals surface area contributed by atoms with E-state index in [0.29, 0.717) is 11.4 Å². The van der Waals surface area contributed by atoms with Crippen molar-refractivity contribution in [1.82, 2.24) is 5.32 Å². The summed E-state index contributed by atoms with van der Waals surface area (Å²) >= 11 is 0. The topological polar surface area (TPSA) is 75.7 Å². The maximum absolute atomic E-state index is 12.7. The predicted octanol–water partition coefficient (Wildman–Crippen LogP) is 4.03. The van der Waals surface area contributed by atoms with E-state index < -0.39 is 10.0 Å². The molecule has 1 amide bonds. The number of nitrogens with zero attached hydrogens (tertiary/aromatic N) is 1. The standard InChI is InChI=1S/C25H28N2O4S/c1-20(13-14-21-9-5-3-6-10-21)26-25(28)19-31-23-17-15-22(16-18-23)27(2)32(29,30)24-11-7-4-8-12-24/h3-12,15-18,20H,13-14,19H2,1-2H3,(H,26,28)/t20-/m0/s1. The molecule has 0 fully saturated rings. The van der Waals surface area contributed by atoms with Crippen LogP contribution in [0.1, 0.15) is 18.9 Å². The number of anilines is 1. The van der Waals surface area contributed by atoms with Crippen molar-refractivity contribution in [2.45, 2.75) is 30.7 Å². The lowest BCUT2D eigenvalue weighted by Crippen LogP contribution is -2.36. The molecule has 0 aromatic heterocycles. The summed E-state index contributed by atoms with van der Waals surface area (Å²) in [6.45, 7) is 1.87. The molecule has 7 heteroatoms. The SMILES string of the molecule is C[C@@H](CCc1ccccc1)NC(=O)COc1ccc(N(C)S(=O)(=O)c2ccccc2)cc1. The Labute approximate surface area is 189 Å². The first-order chi connectivity index (χ1) is 15.4. The van der Waals surface area contributed by atoms with Crippen molar-refractivity contribution in [2.24, 2.45) is 0 Å². The minimum absolute atomic E-state index is 0.0329. The molecule has 0 heterocycles. The van der Waals surface area contributed by atoms with Crippen LogP contribution in [-0.4, -0.2) is 34.0 Å². The maximum Gasteiger partial charge on any atom is 0.264 e. The number of nitrogens with one attached hydrogen (secondary N) is 1. The molecule has 32 heavy (non-hydrogen) atoms. The Morgan fingerprint density at radius 2 is 1.53 bits per heavy atom. The maximum atomic E-state index is 12.7. The van der Waals surface area contributed by atoms with Crippen LogP contribution in [0.15, 0.2) is 89.8 Å². The van der Waals surface area contributed by atoms with Crippen molar-refractivity contribution in [3.63, 3.8) is 0 Å². The molecule has 0 saturated heterocycles. The number of ether oxygens (including phenoxy) is 1. The second-order valence-electron chi connectivity index (χ2n) is 7.56. The fraction of sp³-hybridized carbons (Fsp3) is 0.240. The Kier molecular flexibility index (Phi) is 7.89. The number of amides is 1. The van der Waals surface area contributed by atoms with E-state index in [2.05, 4.69) is 17.4 Å². The van der Waals surface area contributed by atoms with Gasteiger partial charge in [0.2, 0.25) is 0 Å². The van der Waals surface area contributed by atoms with Crippen LogP contribution in [0.3, 0.4) is 0 Å². The van der Waals surface area contributed by atoms with E-state index in [0.717, 1.165) is 12.8 Å². The summed E-state index contributed by atoms with van der Waals surface area (Å²) < 4.78 is 32.2. The molecule has 3 rings (SSSR count). The molecule has 3 aromatic carbocycles. The van der Waals surface area contributed by atoms with Crippen LogP contribution in [-0.2, 0) is 21.2 Å². The second kappa shape index (κ2) is 10.8. The third-order valence-corrected chi connectivity index (χ3v) is 6.89. The lowest BCUT2D eigenvalue weighted by Gasteiger charge is -2.20. The lowest BCUT2D eigenvalue weighted by atomic mass is 10.1. The Morgan fingerprint density at radius 1 is 0.938 bits per heavy atom. The van der Waals surface area contributed by atoms with E-state index in [-0.39, 0.29) is 23.5 Å². The van der Waals surface area contributed by atoms with Gasteiger partial charge in [0, 0.05) is 13.1 Å². The summed E-state index contributed by atoms with van der Waals surface area (Å²) in [7, 11) is -2.14. The zero-order valence-electron chi connectivity index (χ0n) is 18.3. The summed E-state index contributed by atoms with van der Waals surface area (Å²) in [5.41, 5.74) is 1.74. The van der Waals surface area contributed by atoms with Crippen LogP contribution < -0.4 is 14.4 Å². The van der Waals surface area contributed by atoms with E-state index in [1.165, 1.54) is 16.9 Å². The van der Waals surface area contributed by atoms with Crippen molar-refractivity contribution in [1.29, 1.82) is 0 Å². The average molecular weight is 453 g/mol. The van der Waals surface area contributed by atoms with Gasteiger partial charge in [0.05, 0.1) is 10.6 Å². The van der Waals surface area contributed by atoms with Crippen LogP contribution in [0.5, 0.6) is 5.75 Å². The van der Waals surface area contributed by atoms with Crippen LogP contribution in [0.25, 0.3) is 0 Å². The van der Waals surface area contributed by atoms with Gasteiger partial charge in [0.15, 0.2) is 6.61 Å². The van der Waals surface area contributed by atoms with Gasteiger partial charge in [-0.3, -0.25) is 9.10 Å². The molecule has 0 radical (unpaired) electrons. The third kappa shape index (κ3) is 6.34. The summed E-state index contributed by atoms with van der Waals surface area (Å²) in [5.74, 6) is 0.296. The third-order valence-electron chi connectivity index (χ3n) is 5.09. The number of hydrogen-bond donors (Lipinski definition) is 1. The van der Waals surface area contributed by atoms with Gasteiger partial charge in [0.25, 0.3) is 15.9 Å². The van der Waals surface area contributed by atoms with Crippen LogP contribution >= 0.6 is 0 Å². The van der Waals surface area contributed by atoms with Crippen molar-refractivity contribution in [3.05, 3.63) is 90.5 Å². The molecule has 0 saturated carbocycles. The number of rotatable bonds is 10. The van der Waals surface area contributed by atoms with Gasteiger partial charge in [-0.25, -0.2) is 8.42 Å². The van der Waals surface area contributed by atoms with Gasteiger partial charge in [0.1, 0.15) is 5.75 Å². The smallest absolute Gasteiger partial charge is 0.264 e. The van der Waals surface area contributed by atoms with Gasteiger partial charge in [-0.1, -0.05) is 48.5 Å². The Hall–Kier alpha value is -3.32. The molecular weight excluding hydrogens is 424 g/mol. The highest BCUT2D eigenvalue weighted by Crippen LogP contribution is 2.24. The van der Waals surface area contributed by atoms with Crippen LogP contribution in [0, 0.1) is 0 Å². The molecule has 1 N–H and O–H groups in total. The van der Waals surface area contributed by atoms with Crippen molar-refractivity contribution in [3.8, 4) is 5.75 Å². The molecule has 6 nitrogen and oxygen atoms in total. The monoisotopic (exact) mass is 452 g/mol. The van der Waals surface area contributed by atoms with Gasteiger partial charge in [-0.2, -0.15) is 0 Å². The van der Waals surface area contributed by atoms with E-state index in [9.17, 15) is 13.2 Å². The molecule has 3 aromatic rings. The summed E-state index contributed by atoms with van der Waals surface area (Å²) in [5, 5.41) is 2.94.